The number of methoxy groups -OCH3 is 1. The number of rotatable bonds is 6. The van der Waals surface area contributed by atoms with Gasteiger partial charge in [-0.2, -0.15) is 5.26 Å². The Kier molecular flexibility index (Phi) is 7.06. The zero-order chi connectivity index (χ0) is 20.8. The average Bonchev–Trinajstić information content (AvgIpc) is 2.72. The van der Waals surface area contributed by atoms with Crippen LogP contribution < -0.4 is 9.47 Å². The summed E-state index contributed by atoms with van der Waals surface area (Å²) in [4.78, 5) is 0. The van der Waals surface area contributed by atoms with Crippen molar-refractivity contribution in [1.82, 2.24) is 0 Å². The van der Waals surface area contributed by atoms with E-state index < -0.39 is 0 Å². The molecule has 0 aromatic heterocycles. The van der Waals surface area contributed by atoms with Crippen molar-refractivity contribution in [3.05, 3.63) is 92.4 Å². The van der Waals surface area contributed by atoms with Crippen molar-refractivity contribution in [3.63, 3.8) is 0 Å². The van der Waals surface area contributed by atoms with Gasteiger partial charge in [0.1, 0.15) is 6.61 Å². The first kappa shape index (κ1) is 21.1. The summed E-state index contributed by atoms with van der Waals surface area (Å²) in [5.74, 6) is 1.12. The quantitative estimate of drug-likeness (QED) is 0.296. The smallest absolute Gasteiger partial charge is 0.161 e. The largest absolute Gasteiger partial charge is 0.493 e. The maximum absolute atomic E-state index is 9.52. The summed E-state index contributed by atoms with van der Waals surface area (Å²) in [6, 6.07) is 20.1. The third-order valence-corrected chi connectivity index (χ3v) is 5.01. The maximum Gasteiger partial charge on any atom is 0.161 e. The number of benzene rings is 3. The number of nitriles is 1. The van der Waals surface area contributed by atoms with Crippen molar-refractivity contribution < 1.29 is 9.47 Å². The molecule has 146 valence electrons. The molecule has 0 atom stereocenters. The number of halogens is 3. The summed E-state index contributed by atoms with van der Waals surface area (Å²) in [5, 5.41) is 11.2. The summed E-state index contributed by atoms with van der Waals surface area (Å²) in [6.45, 7) is 0.274. The maximum atomic E-state index is 9.52. The van der Waals surface area contributed by atoms with Crippen molar-refractivity contribution in [1.29, 1.82) is 5.26 Å². The number of ether oxygens (including phenoxy) is 2. The van der Waals surface area contributed by atoms with Gasteiger partial charge in [0.2, 0.25) is 0 Å². The minimum Gasteiger partial charge on any atom is -0.493 e. The molecule has 0 bridgehead atoms. The van der Waals surface area contributed by atoms with Crippen LogP contribution in [0.1, 0.15) is 16.7 Å². The lowest BCUT2D eigenvalue weighted by atomic mass is 10.0. The van der Waals surface area contributed by atoms with Crippen molar-refractivity contribution in [3.8, 4) is 17.6 Å². The van der Waals surface area contributed by atoms with E-state index in [2.05, 4.69) is 6.07 Å². The van der Waals surface area contributed by atoms with Gasteiger partial charge in [-0.05, 0) is 53.6 Å². The van der Waals surface area contributed by atoms with E-state index >= 15 is 0 Å². The first-order valence-electron chi connectivity index (χ1n) is 8.62. The third-order valence-electron chi connectivity index (χ3n) is 4.17. The van der Waals surface area contributed by atoms with Gasteiger partial charge < -0.3 is 9.47 Å². The van der Waals surface area contributed by atoms with E-state index in [1.54, 1.807) is 43.5 Å². The van der Waals surface area contributed by atoms with Crippen molar-refractivity contribution in [2.75, 3.05) is 7.11 Å². The molecule has 6 heteroatoms. The molecule has 0 N–H and O–H groups in total. The van der Waals surface area contributed by atoms with Crippen LogP contribution in [0.3, 0.4) is 0 Å². The normalized spacial score (nSPS) is 11.1. The second-order valence-electron chi connectivity index (χ2n) is 6.11. The molecule has 0 aliphatic rings. The molecule has 0 unspecified atom stereocenters. The van der Waals surface area contributed by atoms with E-state index in [0.29, 0.717) is 32.1 Å². The topological polar surface area (TPSA) is 42.2 Å². The van der Waals surface area contributed by atoms with E-state index in [1.807, 2.05) is 30.3 Å². The fourth-order valence-electron chi connectivity index (χ4n) is 2.66. The van der Waals surface area contributed by atoms with Crippen LogP contribution in [0.2, 0.25) is 15.1 Å². The molecule has 3 nitrogen and oxygen atoms in total. The molecule has 0 saturated carbocycles. The molecule has 0 spiro atoms. The lowest BCUT2D eigenvalue weighted by Gasteiger charge is -2.12. The van der Waals surface area contributed by atoms with E-state index in [-0.39, 0.29) is 6.61 Å². The van der Waals surface area contributed by atoms with Crippen LogP contribution in [-0.4, -0.2) is 7.11 Å². The van der Waals surface area contributed by atoms with Crippen molar-refractivity contribution >= 4 is 46.5 Å². The summed E-state index contributed by atoms with van der Waals surface area (Å²) < 4.78 is 11.3. The standard InChI is InChI=1S/C23H16Cl3NO2/c1-28-23-11-15(10-18(13-27)16-3-6-19(24)7-4-16)2-9-22(23)29-14-17-5-8-20(25)12-21(17)26/h2-12H,14H2,1H3/b18-10-. The Hall–Kier alpha value is -2.64. The Morgan fingerprint density at radius 1 is 0.931 bits per heavy atom. The minimum atomic E-state index is 0.274. The van der Waals surface area contributed by atoms with Gasteiger partial charge in [-0.25, -0.2) is 0 Å². The molecule has 0 aliphatic heterocycles. The number of nitrogens with zero attached hydrogens (tertiary/aromatic N) is 1. The molecular weight excluding hydrogens is 429 g/mol. The molecule has 3 aromatic rings. The van der Waals surface area contributed by atoms with Crippen LogP contribution in [0, 0.1) is 11.3 Å². The molecular formula is C23H16Cl3NO2. The Bertz CT molecular complexity index is 1090. The highest BCUT2D eigenvalue weighted by atomic mass is 35.5. The van der Waals surface area contributed by atoms with Crippen LogP contribution in [-0.2, 0) is 6.61 Å². The molecule has 0 saturated heterocycles. The number of allylic oxidation sites excluding steroid dienone is 1. The fourth-order valence-corrected chi connectivity index (χ4v) is 3.25. The second-order valence-corrected chi connectivity index (χ2v) is 7.39. The monoisotopic (exact) mass is 443 g/mol. The lowest BCUT2D eigenvalue weighted by molar-refractivity contribution is 0.284. The zero-order valence-corrected chi connectivity index (χ0v) is 17.7. The van der Waals surface area contributed by atoms with Crippen LogP contribution in [0.25, 0.3) is 11.6 Å². The number of hydrogen-bond acceptors (Lipinski definition) is 3. The first-order chi connectivity index (χ1) is 14.0. The predicted molar refractivity (Wildman–Crippen MR) is 119 cm³/mol. The van der Waals surface area contributed by atoms with Crippen molar-refractivity contribution in [2.24, 2.45) is 0 Å². The van der Waals surface area contributed by atoms with Crippen molar-refractivity contribution in [2.45, 2.75) is 6.61 Å². The molecule has 29 heavy (non-hydrogen) atoms. The van der Waals surface area contributed by atoms with Crippen LogP contribution in [0.15, 0.2) is 60.7 Å². The molecule has 3 rings (SSSR count). The second kappa shape index (κ2) is 9.71. The molecule has 0 fully saturated rings. The third kappa shape index (κ3) is 5.46. The Labute approximate surface area is 184 Å². The van der Waals surface area contributed by atoms with Gasteiger partial charge in [0, 0.05) is 20.6 Å². The van der Waals surface area contributed by atoms with Crippen LogP contribution >= 0.6 is 34.8 Å². The van der Waals surface area contributed by atoms with Gasteiger partial charge in [-0.1, -0.05) is 59.1 Å². The predicted octanol–water partition coefficient (Wildman–Crippen LogP) is 7.30. The zero-order valence-electron chi connectivity index (χ0n) is 15.5. The molecule has 0 heterocycles. The minimum absolute atomic E-state index is 0.274. The summed E-state index contributed by atoms with van der Waals surface area (Å²) in [6.07, 6.45) is 1.78. The highest BCUT2D eigenvalue weighted by Crippen LogP contribution is 2.31. The molecule has 3 aromatic carbocycles. The highest BCUT2D eigenvalue weighted by molar-refractivity contribution is 6.35. The molecule has 0 radical (unpaired) electrons. The Morgan fingerprint density at radius 3 is 2.31 bits per heavy atom. The number of hydrogen-bond donors (Lipinski definition) is 0. The van der Waals surface area contributed by atoms with Gasteiger partial charge >= 0.3 is 0 Å². The van der Waals surface area contributed by atoms with Gasteiger partial charge in [0.25, 0.3) is 0 Å². The van der Waals surface area contributed by atoms with Gasteiger partial charge in [-0.3, -0.25) is 0 Å². The Morgan fingerprint density at radius 2 is 1.66 bits per heavy atom. The summed E-state index contributed by atoms with van der Waals surface area (Å²) in [7, 11) is 1.56. The van der Waals surface area contributed by atoms with Gasteiger partial charge in [0.15, 0.2) is 11.5 Å². The lowest BCUT2D eigenvalue weighted by Crippen LogP contribution is -1.98. The molecule has 0 amide bonds. The summed E-state index contributed by atoms with van der Waals surface area (Å²) in [5.41, 5.74) is 2.93. The van der Waals surface area contributed by atoms with Crippen LogP contribution in [0.4, 0.5) is 0 Å². The highest BCUT2D eigenvalue weighted by Gasteiger charge is 2.09. The van der Waals surface area contributed by atoms with Crippen LogP contribution in [0.5, 0.6) is 11.5 Å². The fraction of sp³-hybridized carbons (Fsp3) is 0.0870. The SMILES string of the molecule is COc1cc(/C=C(/C#N)c2ccc(Cl)cc2)ccc1OCc1ccc(Cl)cc1Cl. The van der Waals surface area contributed by atoms with Gasteiger partial charge in [0.05, 0.1) is 18.8 Å². The first-order valence-corrected chi connectivity index (χ1v) is 9.76. The molecule has 0 aliphatic carbocycles. The van der Waals surface area contributed by atoms with E-state index in [4.69, 9.17) is 44.3 Å². The average molecular weight is 445 g/mol. The van der Waals surface area contributed by atoms with Gasteiger partial charge in [-0.15, -0.1) is 0 Å². The van der Waals surface area contributed by atoms with E-state index in [9.17, 15) is 5.26 Å². The summed E-state index contributed by atoms with van der Waals surface area (Å²) >= 11 is 18.0. The van der Waals surface area contributed by atoms with E-state index in [0.717, 1.165) is 16.7 Å². The Balaban J connectivity index is 1.82. The van der Waals surface area contributed by atoms with E-state index in [1.165, 1.54) is 0 Å².